The van der Waals surface area contributed by atoms with Gasteiger partial charge in [0.05, 0.1) is 10.9 Å². The van der Waals surface area contributed by atoms with Crippen molar-refractivity contribution in [1.29, 1.82) is 0 Å². The van der Waals surface area contributed by atoms with Crippen LogP contribution in [0.5, 0.6) is 5.75 Å². The van der Waals surface area contributed by atoms with Crippen molar-refractivity contribution in [3.8, 4) is 5.75 Å². The van der Waals surface area contributed by atoms with E-state index in [1.807, 2.05) is 30.3 Å². The lowest BCUT2D eigenvalue weighted by Gasteiger charge is -2.49. The largest absolute Gasteiger partial charge is 0.489 e. The fourth-order valence-electron chi connectivity index (χ4n) is 3.84. The fourth-order valence-corrected chi connectivity index (χ4v) is 3.84. The lowest BCUT2D eigenvalue weighted by atomic mass is 9.57. The summed E-state index contributed by atoms with van der Waals surface area (Å²) in [6.45, 7) is 0. The summed E-state index contributed by atoms with van der Waals surface area (Å²) in [7, 11) is 0. The normalized spacial score (nSPS) is 24.0. The Kier molecular flexibility index (Phi) is 2.95. The molecule has 0 bridgehead atoms. The molecular weight excluding hydrogens is 262 g/mol. The summed E-state index contributed by atoms with van der Waals surface area (Å²) >= 11 is 0. The molecule has 1 atom stereocenters. The molecule has 2 fully saturated rings. The van der Waals surface area contributed by atoms with Crippen LogP contribution in [-0.4, -0.2) is 16.9 Å². The molecule has 0 radical (unpaired) electrons. The summed E-state index contributed by atoms with van der Waals surface area (Å²) in [5.74, 6) is 1.25. The quantitative estimate of drug-likeness (QED) is 0.838. The molecule has 108 valence electrons. The van der Waals surface area contributed by atoms with Crippen LogP contribution in [0.3, 0.4) is 0 Å². The lowest BCUT2D eigenvalue weighted by Crippen LogP contribution is -2.57. The van der Waals surface area contributed by atoms with Gasteiger partial charge in [-0.1, -0.05) is 25.3 Å². The van der Waals surface area contributed by atoms with Crippen LogP contribution in [-0.2, 0) is 4.79 Å². The van der Waals surface area contributed by atoms with Gasteiger partial charge in [-0.15, -0.1) is 0 Å². The van der Waals surface area contributed by atoms with Crippen LogP contribution in [0.1, 0.15) is 38.5 Å². The molecule has 1 spiro atoms. The van der Waals surface area contributed by atoms with Crippen LogP contribution in [0.2, 0.25) is 0 Å². The molecule has 0 amide bonds. The van der Waals surface area contributed by atoms with Gasteiger partial charge in [-0.3, -0.25) is 9.78 Å². The minimum absolute atomic E-state index is 0.0615. The van der Waals surface area contributed by atoms with Gasteiger partial charge in [0, 0.05) is 24.1 Å². The highest BCUT2D eigenvalue weighted by atomic mass is 16.5. The van der Waals surface area contributed by atoms with E-state index in [9.17, 15) is 4.79 Å². The molecule has 1 heterocycles. The second-order valence-corrected chi connectivity index (χ2v) is 6.31. The number of carbonyl (C=O) groups excluding carboxylic acids is 1. The Labute approximate surface area is 124 Å². The number of rotatable bonds is 2. The molecule has 2 aromatic rings. The predicted molar refractivity (Wildman–Crippen MR) is 81.3 cm³/mol. The van der Waals surface area contributed by atoms with Crippen molar-refractivity contribution in [1.82, 2.24) is 4.98 Å². The third kappa shape index (κ3) is 2.03. The van der Waals surface area contributed by atoms with Crippen LogP contribution < -0.4 is 4.74 Å². The lowest BCUT2D eigenvalue weighted by molar-refractivity contribution is -0.156. The van der Waals surface area contributed by atoms with E-state index in [-0.39, 0.29) is 11.5 Å². The van der Waals surface area contributed by atoms with Crippen molar-refractivity contribution in [2.24, 2.45) is 5.41 Å². The number of ketones is 1. The second kappa shape index (κ2) is 4.83. The Morgan fingerprint density at radius 2 is 2.00 bits per heavy atom. The van der Waals surface area contributed by atoms with Gasteiger partial charge in [-0.05, 0) is 31.0 Å². The molecule has 2 saturated carbocycles. The van der Waals surface area contributed by atoms with Crippen molar-refractivity contribution in [2.75, 3.05) is 0 Å². The number of hydrogen-bond donors (Lipinski definition) is 0. The summed E-state index contributed by atoms with van der Waals surface area (Å²) in [5, 5.41) is 1.11. The summed E-state index contributed by atoms with van der Waals surface area (Å²) < 4.78 is 6.16. The van der Waals surface area contributed by atoms with Gasteiger partial charge in [-0.25, -0.2) is 0 Å². The Morgan fingerprint density at radius 3 is 2.81 bits per heavy atom. The van der Waals surface area contributed by atoms with Gasteiger partial charge >= 0.3 is 0 Å². The van der Waals surface area contributed by atoms with Crippen molar-refractivity contribution < 1.29 is 9.53 Å². The zero-order valence-corrected chi connectivity index (χ0v) is 12.0. The van der Waals surface area contributed by atoms with E-state index in [2.05, 4.69) is 4.98 Å². The molecule has 0 aliphatic heterocycles. The Balaban J connectivity index is 1.58. The van der Waals surface area contributed by atoms with E-state index >= 15 is 0 Å². The third-order valence-corrected chi connectivity index (χ3v) is 5.14. The monoisotopic (exact) mass is 281 g/mol. The highest BCUT2D eigenvalue weighted by Gasteiger charge is 2.56. The minimum Gasteiger partial charge on any atom is -0.489 e. The van der Waals surface area contributed by atoms with Crippen molar-refractivity contribution in [2.45, 2.75) is 44.6 Å². The maximum absolute atomic E-state index is 12.1. The molecule has 2 aliphatic rings. The van der Waals surface area contributed by atoms with E-state index in [0.717, 1.165) is 42.3 Å². The molecule has 2 aliphatic carbocycles. The topological polar surface area (TPSA) is 39.2 Å². The fraction of sp³-hybridized carbons (Fsp3) is 0.444. The third-order valence-electron chi connectivity index (χ3n) is 5.14. The summed E-state index contributed by atoms with van der Waals surface area (Å²) in [6.07, 6.45) is 8.00. The van der Waals surface area contributed by atoms with Crippen molar-refractivity contribution in [3.63, 3.8) is 0 Å². The van der Waals surface area contributed by atoms with Crippen LogP contribution in [0.15, 0.2) is 36.5 Å². The minimum atomic E-state index is -0.183. The first-order valence-electron chi connectivity index (χ1n) is 7.83. The van der Waals surface area contributed by atoms with E-state index < -0.39 is 0 Å². The van der Waals surface area contributed by atoms with Crippen LogP contribution in [0.25, 0.3) is 10.9 Å². The molecule has 21 heavy (non-hydrogen) atoms. The van der Waals surface area contributed by atoms with Gasteiger partial charge in [0.15, 0.2) is 0 Å². The molecule has 0 N–H and O–H groups in total. The number of hydrogen-bond acceptors (Lipinski definition) is 3. The number of aromatic nitrogens is 1. The Bertz CT molecular complexity index is 688. The van der Waals surface area contributed by atoms with E-state index in [4.69, 9.17) is 4.74 Å². The zero-order chi connectivity index (χ0) is 14.3. The molecular formula is C18H19NO2. The number of Topliss-reactive ketones (excluding diaryl/α,β-unsaturated/α-hetero) is 1. The number of pyridine rings is 1. The Morgan fingerprint density at radius 1 is 1.14 bits per heavy atom. The Hall–Kier alpha value is -1.90. The van der Waals surface area contributed by atoms with Gasteiger partial charge in [0.25, 0.3) is 0 Å². The maximum atomic E-state index is 12.1. The van der Waals surface area contributed by atoms with Gasteiger partial charge < -0.3 is 4.74 Å². The van der Waals surface area contributed by atoms with E-state index in [1.54, 1.807) is 6.20 Å². The predicted octanol–water partition coefficient (Wildman–Crippen LogP) is 3.91. The second-order valence-electron chi connectivity index (χ2n) is 6.31. The average molecular weight is 281 g/mol. The van der Waals surface area contributed by atoms with Gasteiger partial charge in [-0.2, -0.15) is 0 Å². The molecule has 4 rings (SSSR count). The average Bonchev–Trinajstić information content (AvgIpc) is 2.55. The van der Waals surface area contributed by atoms with Crippen LogP contribution in [0, 0.1) is 5.41 Å². The number of fused-ring (bicyclic) bond motifs is 1. The highest BCUT2D eigenvalue weighted by Crippen LogP contribution is 2.50. The summed E-state index contributed by atoms with van der Waals surface area (Å²) in [4.78, 5) is 16.5. The van der Waals surface area contributed by atoms with Gasteiger partial charge in [0.1, 0.15) is 17.6 Å². The van der Waals surface area contributed by atoms with Crippen LogP contribution in [0.4, 0.5) is 0 Å². The zero-order valence-electron chi connectivity index (χ0n) is 12.0. The number of nitrogens with zero attached hydrogens (tertiary/aromatic N) is 1. The molecule has 3 heteroatoms. The first kappa shape index (κ1) is 12.8. The highest BCUT2D eigenvalue weighted by molar-refractivity contribution is 5.92. The van der Waals surface area contributed by atoms with Gasteiger partial charge in [0.2, 0.25) is 0 Å². The molecule has 1 unspecified atom stereocenters. The molecule has 3 nitrogen and oxygen atoms in total. The van der Waals surface area contributed by atoms with E-state index in [0.29, 0.717) is 12.2 Å². The number of ether oxygens (including phenoxy) is 1. The number of benzene rings is 1. The number of carbonyl (C=O) groups is 1. The van der Waals surface area contributed by atoms with Crippen molar-refractivity contribution in [3.05, 3.63) is 36.5 Å². The summed E-state index contributed by atoms with van der Waals surface area (Å²) in [6, 6.07) is 9.98. The van der Waals surface area contributed by atoms with Crippen molar-refractivity contribution >= 4 is 16.7 Å². The molecule has 0 saturated heterocycles. The SMILES string of the molecule is O=C1CC(Oc2ccc3cccnc3c2)C12CCCCC2. The van der Waals surface area contributed by atoms with E-state index in [1.165, 1.54) is 6.42 Å². The smallest absolute Gasteiger partial charge is 0.146 e. The van der Waals surface area contributed by atoms with Crippen LogP contribution >= 0.6 is 0 Å². The molecule has 1 aromatic carbocycles. The maximum Gasteiger partial charge on any atom is 0.146 e. The molecule has 1 aromatic heterocycles. The first-order chi connectivity index (χ1) is 10.3. The standard InChI is InChI=1S/C18H19NO2/c20-16-12-17(18(16)8-2-1-3-9-18)21-14-7-6-13-5-4-10-19-15(13)11-14/h4-7,10-11,17H,1-3,8-9,12H2. The summed E-state index contributed by atoms with van der Waals surface area (Å²) in [5.41, 5.74) is 0.760. The first-order valence-corrected chi connectivity index (χ1v) is 7.83.